The maximum absolute atomic E-state index is 13.1. The predicted molar refractivity (Wildman–Crippen MR) is 312 cm³/mol. The Bertz CT molecular complexity index is 1660. The van der Waals surface area contributed by atoms with Gasteiger partial charge < -0.3 is 39.0 Å². The van der Waals surface area contributed by atoms with Crippen molar-refractivity contribution in [1.29, 1.82) is 0 Å². The third-order valence-corrected chi connectivity index (χ3v) is 13.5. The van der Waals surface area contributed by atoms with Crippen molar-refractivity contribution >= 4 is 23.9 Å². The lowest BCUT2D eigenvalue weighted by Gasteiger charge is -2.40. The van der Waals surface area contributed by atoms with E-state index in [1.54, 1.807) is 0 Å². The van der Waals surface area contributed by atoms with Crippen LogP contribution < -0.4 is 0 Å². The first-order valence-corrected chi connectivity index (χ1v) is 30.6. The third kappa shape index (κ3) is 42.5. The van der Waals surface area contributed by atoms with Gasteiger partial charge in [-0.05, 0) is 89.9 Å². The van der Waals surface area contributed by atoms with Crippen molar-refractivity contribution in [2.45, 2.75) is 289 Å². The van der Waals surface area contributed by atoms with Crippen LogP contribution in [0.1, 0.15) is 252 Å². The van der Waals surface area contributed by atoms with Crippen LogP contribution >= 0.6 is 0 Å². The maximum atomic E-state index is 13.1. The highest BCUT2D eigenvalue weighted by Gasteiger charge is 2.50. The van der Waals surface area contributed by atoms with E-state index in [2.05, 4.69) is 106 Å². The molecule has 1 rings (SSSR count). The molecule has 12 nitrogen and oxygen atoms in total. The maximum Gasteiger partial charge on any atom is 0.335 e. The number of aliphatic carboxylic acids is 1. The minimum absolute atomic E-state index is 0.0337. The normalized spacial score (nSPS) is 18.6. The van der Waals surface area contributed by atoms with E-state index >= 15 is 0 Å². The van der Waals surface area contributed by atoms with Crippen LogP contribution in [0.2, 0.25) is 0 Å². The topological polar surface area (TPSA) is 175 Å². The summed E-state index contributed by atoms with van der Waals surface area (Å²) in [6.07, 6.45) is 55.5. The average molecular weight is 1080 g/mol. The van der Waals surface area contributed by atoms with E-state index in [0.717, 1.165) is 109 Å². The van der Waals surface area contributed by atoms with Gasteiger partial charge in [-0.1, -0.05) is 228 Å². The summed E-state index contributed by atoms with van der Waals surface area (Å²) in [5, 5.41) is 31.5. The van der Waals surface area contributed by atoms with Gasteiger partial charge in [0, 0.05) is 19.3 Å². The Hall–Kier alpha value is -4.10. The van der Waals surface area contributed by atoms with Crippen LogP contribution in [0.5, 0.6) is 0 Å². The van der Waals surface area contributed by atoms with Gasteiger partial charge in [-0.25, -0.2) is 4.79 Å². The zero-order valence-corrected chi connectivity index (χ0v) is 48.4. The number of esters is 3. The molecule has 0 bridgehead atoms. The smallest absolute Gasteiger partial charge is 0.335 e. The van der Waals surface area contributed by atoms with E-state index in [4.69, 9.17) is 23.7 Å². The standard InChI is InChI=1S/C65H108O12/c1-4-7-10-13-16-19-22-25-28-29-32-33-36-39-42-45-48-51-57(66)73-54-56(75-58(67)52-49-46-43-40-37-34-30-26-23-20-17-14-11-8-5-2)55-74-65-63(61(70)60(69)62(77-65)64(71)72)76-59(68)53-50-47-44-41-38-35-31-27-24-21-18-15-12-9-6-3/h8-9,11-12,17-18,20-21,26-27,30-31,37,40,56,60-63,65,69-70H,4-7,10,13-16,19,22-25,28-29,32-36,38-39,41-55H2,1-3H3,(H,71,72)/b11-8-,12-9-,20-17-,21-18-,30-26-,31-27-,40-37-. The molecule has 0 radical (unpaired) electrons. The van der Waals surface area contributed by atoms with E-state index < -0.39 is 67.3 Å². The number of hydrogen-bond acceptors (Lipinski definition) is 11. The Morgan fingerprint density at radius 3 is 1.27 bits per heavy atom. The average Bonchev–Trinajstić information content (AvgIpc) is 3.43. The summed E-state index contributed by atoms with van der Waals surface area (Å²) in [5.41, 5.74) is 0. The van der Waals surface area contributed by atoms with E-state index in [1.165, 1.54) is 83.5 Å². The monoisotopic (exact) mass is 1080 g/mol. The second kappa shape index (κ2) is 52.6. The minimum atomic E-state index is -1.92. The molecule has 1 aliphatic rings. The number of carboxylic acid groups (broad SMARTS) is 1. The number of carbonyl (C=O) groups excluding carboxylic acids is 3. The number of ether oxygens (including phenoxy) is 5. The van der Waals surface area contributed by atoms with E-state index in [-0.39, 0.29) is 25.9 Å². The summed E-state index contributed by atoms with van der Waals surface area (Å²) in [6, 6.07) is 0. The summed E-state index contributed by atoms with van der Waals surface area (Å²) < 4.78 is 28.4. The first-order valence-electron chi connectivity index (χ1n) is 30.6. The Labute approximate surface area is 467 Å². The molecule has 0 saturated carbocycles. The molecule has 77 heavy (non-hydrogen) atoms. The lowest BCUT2D eigenvalue weighted by molar-refractivity contribution is -0.301. The Morgan fingerprint density at radius 1 is 0.442 bits per heavy atom. The minimum Gasteiger partial charge on any atom is -0.479 e. The molecule has 0 aromatic rings. The van der Waals surface area contributed by atoms with Crippen LogP contribution in [0.25, 0.3) is 0 Å². The predicted octanol–water partition coefficient (Wildman–Crippen LogP) is 15.9. The molecule has 6 unspecified atom stereocenters. The number of rotatable bonds is 51. The van der Waals surface area contributed by atoms with Gasteiger partial charge in [-0.3, -0.25) is 14.4 Å². The number of carboxylic acids is 1. The number of aliphatic hydroxyl groups is 2. The van der Waals surface area contributed by atoms with Crippen molar-refractivity contribution in [2.75, 3.05) is 13.2 Å². The molecular weight excluding hydrogens is 973 g/mol. The molecule has 1 heterocycles. The highest BCUT2D eigenvalue weighted by Crippen LogP contribution is 2.26. The van der Waals surface area contributed by atoms with Crippen molar-refractivity contribution in [1.82, 2.24) is 0 Å². The van der Waals surface area contributed by atoms with Gasteiger partial charge in [-0.15, -0.1) is 0 Å². The lowest BCUT2D eigenvalue weighted by atomic mass is 9.98. The molecule has 12 heteroatoms. The molecule has 0 spiro atoms. The van der Waals surface area contributed by atoms with E-state index in [9.17, 15) is 34.5 Å². The van der Waals surface area contributed by atoms with Crippen LogP contribution in [0.4, 0.5) is 0 Å². The second-order valence-electron chi connectivity index (χ2n) is 20.6. The summed E-state index contributed by atoms with van der Waals surface area (Å²) in [6.45, 7) is 5.74. The van der Waals surface area contributed by atoms with Crippen LogP contribution in [0.3, 0.4) is 0 Å². The number of aliphatic hydroxyl groups excluding tert-OH is 2. The first-order chi connectivity index (χ1) is 37.6. The summed E-state index contributed by atoms with van der Waals surface area (Å²) in [7, 11) is 0. The zero-order valence-electron chi connectivity index (χ0n) is 48.4. The molecule has 3 N–H and O–H groups in total. The molecular formula is C65H108O12. The van der Waals surface area contributed by atoms with Gasteiger partial charge >= 0.3 is 23.9 Å². The zero-order chi connectivity index (χ0) is 56.1. The number of unbranched alkanes of at least 4 members (excludes halogenated alkanes) is 23. The largest absolute Gasteiger partial charge is 0.479 e. The molecule has 1 fully saturated rings. The number of hydrogen-bond donors (Lipinski definition) is 3. The molecule has 6 atom stereocenters. The summed E-state index contributed by atoms with van der Waals surface area (Å²) in [4.78, 5) is 51.2. The van der Waals surface area contributed by atoms with Gasteiger partial charge in [0.05, 0.1) is 6.61 Å². The fourth-order valence-electron chi connectivity index (χ4n) is 8.84. The van der Waals surface area contributed by atoms with Crippen LogP contribution in [-0.2, 0) is 42.9 Å². The quantitative estimate of drug-likeness (QED) is 0.0228. The Kier molecular flexibility index (Phi) is 48.4. The van der Waals surface area contributed by atoms with Crippen LogP contribution in [-0.4, -0.2) is 89.2 Å². The van der Waals surface area contributed by atoms with E-state index in [0.29, 0.717) is 19.3 Å². The first kappa shape index (κ1) is 70.9. The molecule has 0 amide bonds. The number of allylic oxidation sites excluding steroid dienone is 14. The molecule has 440 valence electrons. The highest BCUT2D eigenvalue weighted by molar-refractivity contribution is 5.74. The fourth-order valence-corrected chi connectivity index (χ4v) is 8.84. The van der Waals surface area contributed by atoms with Gasteiger partial charge in [-0.2, -0.15) is 0 Å². The van der Waals surface area contributed by atoms with Gasteiger partial charge in [0.25, 0.3) is 0 Å². The van der Waals surface area contributed by atoms with Crippen molar-refractivity contribution in [3.05, 3.63) is 85.1 Å². The third-order valence-electron chi connectivity index (χ3n) is 13.5. The van der Waals surface area contributed by atoms with Crippen molar-refractivity contribution in [2.24, 2.45) is 0 Å². The van der Waals surface area contributed by atoms with Crippen LogP contribution in [0, 0.1) is 0 Å². The molecule has 0 aliphatic carbocycles. The Balaban J connectivity index is 2.71. The highest BCUT2D eigenvalue weighted by atomic mass is 16.7. The fraction of sp³-hybridized carbons (Fsp3) is 0.723. The lowest BCUT2D eigenvalue weighted by Crippen LogP contribution is -2.61. The van der Waals surface area contributed by atoms with Gasteiger partial charge in [0.2, 0.25) is 0 Å². The molecule has 0 aromatic heterocycles. The summed E-state index contributed by atoms with van der Waals surface area (Å²) in [5.74, 6) is -3.19. The molecule has 1 saturated heterocycles. The Morgan fingerprint density at radius 2 is 0.818 bits per heavy atom. The van der Waals surface area contributed by atoms with Crippen molar-refractivity contribution in [3.63, 3.8) is 0 Å². The summed E-state index contributed by atoms with van der Waals surface area (Å²) >= 11 is 0. The van der Waals surface area contributed by atoms with Gasteiger partial charge in [0.15, 0.2) is 24.6 Å². The van der Waals surface area contributed by atoms with Crippen molar-refractivity contribution < 1.29 is 58.2 Å². The van der Waals surface area contributed by atoms with Crippen molar-refractivity contribution in [3.8, 4) is 0 Å². The molecule has 1 aliphatic heterocycles. The molecule has 0 aromatic carbocycles. The number of carbonyl (C=O) groups is 4. The van der Waals surface area contributed by atoms with E-state index in [1.807, 2.05) is 0 Å². The van der Waals surface area contributed by atoms with Gasteiger partial charge in [0.1, 0.15) is 18.8 Å². The SMILES string of the molecule is CC/C=C\C/C=C\C/C=C\C/C=C\CCCCC(=O)OC(COC(=O)CCCCCCCCCCCCCCCCCCC)COC1OC(C(=O)O)C(O)C(O)C1OC(=O)CCCCCCC/C=C\C/C=C\C/C=C\CC. The van der Waals surface area contributed by atoms with Crippen LogP contribution in [0.15, 0.2) is 85.1 Å². The second-order valence-corrected chi connectivity index (χ2v) is 20.6.